The van der Waals surface area contributed by atoms with Crippen molar-refractivity contribution in [1.29, 1.82) is 0 Å². The molecular formula is C16H18F3N3O2. The summed E-state index contributed by atoms with van der Waals surface area (Å²) in [6, 6.07) is 7.85. The first-order chi connectivity index (χ1) is 11.3. The van der Waals surface area contributed by atoms with Crippen LogP contribution in [0.15, 0.2) is 36.5 Å². The zero-order chi connectivity index (χ0) is 17.7. The van der Waals surface area contributed by atoms with Gasteiger partial charge in [0.2, 0.25) is 5.91 Å². The number of rotatable bonds is 6. The van der Waals surface area contributed by atoms with Gasteiger partial charge in [0.1, 0.15) is 12.3 Å². The number of benzene rings is 1. The first-order valence-electron chi connectivity index (χ1n) is 7.37. The molecule has 1 amide bonds. The third kappa shape index (κ3) is 4.50. The number of nitrogens with one attached hydrogen (secondary N) is 1. The van der Waals surface area contributed by atoms with E-state index in [1.54, 1.807) is 19.2 Å². The summed E-state index contributed by atoms with van der Waals surface area (Å²) in [7, 11) is 1.56. The average molecular weight is 341 g/mol. The van der Waals surface area contributed by atoms with Crippen molar-refractivity contribution in [1.82, 2.24) is 15.1 Å². The van der Waals surface area contributed by atoms with Crippen LogP contribution in [0.4, 0.5) is 13.2 Å². The monoisotopic (exact) mass is 341 g/mol. The van der Waals surface area contributed by atoms with E-state index in [4.69, 9.17) is 4.74 Å². The van der Waals surface area contributed by atoms with Crippen LogP contribution in [-0.4, -0.2) is 22.8 Å². The van der Waals surface area contributed by atoms with Crippen LogP contribution in [0, 0.1) is 0 Å². The maximum atomic E-state index is 12.5. The molecule has 5 nitrogen and oxygen atoms in total. The van der Waals surface area contributed by atoms with Crippen molar-refractivity contribution < 1.29 is 22.7 Å². The van der Waals surface area contributed by atoms with Crippen molar-refractivity contribution in [2.45, 2.75) is 32.1 Å². The first kappa shape index (κ1) is 17.8. The number of halogens is 3. The fraction of sp³-hybridized carbons (Fsp3) is 0.375. The number of ether oxygens (including phenoxy) is 1. The molecular weight excluding hydrogens is 323 g/mol. The van der Waals surface area contributed by atoms with Gasteiger partial charge in [0.15, 0.2) is 5.69 Å². The summed E-state index contributed by atoms with van der Waals surface area (Å²) >= 11 is 0. The molecule has 0 fully saturated rings. The Morgan fingerprint density at radius 1 is 1.29 bits per heavy atom. The van der Waals surface area contributed by atoms with Crippen molar-refractivity contribution in [2.24, 2.45) is 0 Å². The molecule has 1 unspecified atom stereocenters. The number of aromatic nitrogens is 2. The molecule has 2 aromatic rings. The summed E-state index contributed by atoms with van der Waals surface area (Å²) in [5, 5.41) is 6.16. The molecule has 130 valence electrons. The van der Waals surface area contributed by atoms with Gasteiger partial charge in [-0.05, 0) is 30.2 Å². The lowest BCUT2D eigenvalue weighted by atomic mass is 10.0. The van der Waals surface area contributed by atoms with Crippen LogP contribution in [0.25, 0.3) is 0 Å². The maximum absolute atomic E-state index is 12.5. The van der Waals surface area contributed by atoms with E-state index >= 15 is 0 Å². The van der Waals surface area contributed by atoms with Crippen LogP contribution >= 0.6 is 0 Å². The van der Waals surface area contributed by atoms with Gasteiger partial charge in [-0.15, -0.1) is 0 Å². The largest absolute Gasteiger partial charge is 0.497 e. The third-order valence-corrected chi connectivity index (χ3v) is 3.50. The van der Waals surface area contributed by atoms with Crippen molar-refractivity contribution in [3.8, 4) is 5.75 Å². The van der Waals surface area contributed by atoms with Crippen LogP contribution in [0.2, 0.25) is 0 Å². The van der Waals surface area contributed by atoms with E-state index in [9.17, 15) is 18.0 Å². The number of hydrogen-bond donors (Lipinski definition) is 1. The van der Waals surface area contributed by atoms with E-state index in [-0.39, 0.29) is 12.6 Å². The second-order valence-corrected chi connectivity index (χ2v) is 5.20. The minimum atomic E-state index is -4.52. The van der Waals surface area contributed by atoms with Crippen molar-refractivity contribution in [3.05, 3.63) is 47.8 Å². The van der Waals surface area contributed by atoms with E-state index in [1.807, 2.05) is 19.1 Å². The fourth-order valence-electron chi connectivity index (χ4n) is 2.25. The number of nitrogens with zero attached hydrogens (tertiary/aromatic N) is 2. The van der Waals surface area contributed by atoms with Gasteiger partial charge in [0.25, 0.3) is 0 Å². The topological polar surface area (TPSA) is 56.2 Å². The Balaban J connectivity index is 2.00. The fourth-order valence-corrected chi connectivity index (χ4v) is 2.25. The molecule has 24 heavy (non-hydrogen) atoms. The maximum Gasteiger partial charge on any atom is 0.435 e. The molecule has 1 aromatic heterocycles. The van der Waals surface area contributed by atoms with Gasteiger partial charge in [-0.2, -0.15) is 18.3 Å². The Labute approximate surface area is 137 Å². The molecule has 1 atom stereocenters. The van der Waals surface area contributed by atoms with Gasteiger partial charge >= 0.3 is 6.18 Å². The number of carbonyl (C=O) groups excluding carboxylic acids is 1. The summed E-state index contributed by atoms with van der Waals surface area (Å²) in [6.45, 7) is 1.63. The van der Waals surface area contributed by atoms with E-state index in [2.05, 4.69) is 10.4 Å². The summed E-state index contributed by atoms with van der Waals surface area (Å²) in [6.07, 6.45) is -2.74. The van der Waals surface area contributed by atoms with Gasteiger partial charge in [0.05, 0.1) is 13.2 Å². The minimum absolute atomic E-state index is 0.235. The molecule has 0 saturated carbocycles. The molecule has 8 heteroatoms. The van der Waals surface area contributed by atoms with E-state index in [0.29, 0.717) is 12.2 Å². The standard InChI is InChI=1S/C16H18F3N3O2/c1-3-13(11-4-6-12(24-2)7-5-11)20-15(23)10-22-9-8-14(21-22)16(17,18)19/h4-9,13H,3,10H2,1-2H3,(H,20,23). The van der Waals surface area contributed by atoms with Crippen LogP contribution in [0.1, 0.15) is 30.6 Å². The minimum Gasteiger partial charge on any atom is -0.497 e. The summed E-state index contributed by atoms with van der Waals surface area (Å²) in [5.74, 6) is 0.297. The first-order valence-corrected chi connectivity index (χ1v) is 7.37. The second-order valence-electron chi connectivity index (χ2n) is 5.20. The van der Waals surface area contributed by atoms with Gasteiger partial charge in [-0.3, -0.25) is 9.48 Å². The molecule has 0 radical (unpaired) electrons. The Morgan fingerprint density at radius 3 is 2.46 bits per heavy atom. The molecule has 0 bridgehead atoms. The van der Waals surface area contributed by atoms with Gasteiger partial charge in [-0.1, -0.05) is 19.1 Å². The molecule has 1 aromatic carbocycles. The molecule has 0 aliphatic heterocycles. The SMILES string of the molecule is CCC(NC(=O)Cn1ccc(C(F)(F)F)n1)c1ccc(OC)cc1. The smallest absolute Gasteiger partial charge is 0.435 e. The van der Waals surface area contributed by atoms with Gasteiger partial charge in [-0.25, -0.2) is 0 Å². The van der Waals surface area contributed by atoms with Crippen molar-refractivity contribution in [3.63, 3.8) is 0 Å². The van der Waals surface area contributed by atoms with Gasteiger partial charge < -0.3 is 10.1 Å². The highest BCUT2D eigenvalue weighted by Crippen LogP contribution is 2.27. The third-order valence-electron chi connectivity index (χ3n) is 3.50. The number of alkyl halides is 3. The predicted molar refractivity (Wildman–Crippen MR) is 81.4 cm³/mol. The lowest BCUT2D eigenvalue weighted by Crippen LogP contribution is -2.31. The molecule has 2 rings (SSSR count). The average Bonchev–Trinajstić information content (AvgIpc) is 3.01. The summed E-state index contributed by atoms with van der Waals surface area (Å²) in [4.78, 5) is 12.1. The van der Waals surface area contributed by atoms with Crippen LogP contribution in [0.5, 0.6) is 5.75 Å². The zero-order valence-corrected chi connectivity index (χ0v) is 13.3. The highest BCUT2D eigenvalue weighted by atomic mass is 19.4. The molecule has 1 N–H and O–H groups in total. The van der Waals surface area contributed by atoms with Crippen LogP contribution in [0.3, 0.4) is 0 Å². The Hall–Kier alpha value is -2.51. The number of methoxy groups -OCH3 is 1. The van der Waals surface area contributed by atoms with E-state index in [1.165, 1.54) is 0 Å². The van der Waals surface area contributed by atoms with Gasteiger partial charge in [0, 0.05) is 6.20 Å². The number of amides is 1. The molecule has 0 aliphatic carbocycles. The van der Waals surface area contributed by atoms with Crippen molar-refractivity contribution >= 4 is 5.91 Å². The van der Waals surface area contributed by atoms with Crippen molar-refractivity contribution in [2.75, 3.05) is 7.11 Å². The van der Waals surface area contributed by atoms with Crippen LogP contribution < -0.4 is 10.1 Å². The Morgan fingerprint density at radius 2 is 1.96 bits per heavy atom. The second kappa shape index (κ2) is 7.37. The molecule has 0 saturated heterocycles. The quantitative estimate of drug-likeness (QED) is 0.878. The Kier molecular flexibility index (Phi) is 5.48. The number of hydrogen-bond acceptors (Lipinski definition) is 3. The Bertz CT molecular complexity index is 681. The molecule has 0 spiro atoms. The van der Waals surface area contributed by atoms with Crippen LogP contribution in [-0.2, 0) is 17.5 Å². The molecule has 0 aliphatic rings. The lowest BCUT2D eigenvalue weighted by molar-refractivity contribution is -0.141. The summed E-state index contributed by atoms with van der Waals surface area (Å²) in [5.41, 5.74) is -0.124. The predicted octanol–water partition coefficient (Wildman–Crippen LogP) is 3.18. The summed E-state index contributed by atoms with van der Waals surface area (Å²) < 4.78 is 43.6. The normalized spacial score (nSPS) is 12.7. The zero-order valence-electron chi connectivity index (χ0n) is 13.3. The number of carbonyl (C=O) groups is 1. The van der Waals surface area contributed by atoms with E-state index in [0.717, 1.165) is 22.5 Å². The van der Waals surface area contributed by atoms with E-state index < -0.39 is 17.8 Å². The molecule has 1 heterocycles. The lowest BCUT2D eigenvalue weighted by Gasteiger charge is -2.18. The highest BCUT2D eigenvalue weighted by molar-refractivity contribution is 5.76. The highest BCUT2D eigenvalue weighted by Gasteiger charge is 2.33.